The highest BCUT2D eigenvalue weighted by Gasteiger charge is 2.27. The summed E-state index contributed by atoms with van der Waals surface area (Å²) in [7, 11) is -3.55. The summed E-state index contributed by atoms with van der Waals surface area (Å²) in [6.45, 7) is 3.78. The van der Waals surface area contributed by atoms with E-state index in [0.717, 1.165) is 12.8 Å². The van der Waals surface area contributed by atoms with Crippen molar-refractivity contribution in [2.24, 2.45) is 5.92 Å². The molecule has 0 saturated carbocycles. The van der Waals surface area contributed by atoms with E-state index >= 15 is 0 Å². The van der Waals surface area contributed by atoms with E-state index in [1.165, 1.54) is 16.4 Å². The zero-order valence-corrected chi connectivity index (χ0v) is 16.7. The molecule has 2 fully saturated rings. The summed E-state index contributed by atoms with van der Waals surface area (Å²) in [4.78, 5) is 14.7. The molecule has 0 spiro atoms. The molecule has 2 aliphatic rings. The molecule has 0 radical (unpaired) electrons. The molecule has 2 saturated heterocycles. The Balaban J connectivity index is 1.58. The minimum atomic E-state index is -3.55. The number of nitrogens with zero attached hydrogens (tertiary/aromatic N) is 2. The van der Waals surface area contributed by atoms with Crippen LogP contribution >= 0.6 is 0 Å². The molecule has 28 heavy (non-hydrogen) atoms. The van der Waals surface area contributed by atoms with Crippen LogP contribution in [0.4, 0.5) is 0 Å². The van der Waals surface area contributed by atoms with E-state index < -0.39 is 10.0 Å². The maximum atomic E-state index is 12.7. The second kappa shape index (κ2) is 9.52. The third-order valence-electron chi connectivity index (χ3n) is 5.15. The number of amides is 1. The normalized spacial score (nSPS) is 19.3. The molecule has 0 N–H and O–H groups in total. The molecule has 1 aromatic rings. The summed E-state index contributed by atoms with van der Waals surface area (Å²) in [5.74, 6) is 2.80. The van der Waals surface area contributed by atoms with Gasteiger partial charge in [0.05, 0.1) is 24.7 Å². The number of carbonyl (C=O) groups is 1. The molecule has 0 unspecified atom stereocenters. The van der Waals surface area contributed by atoms with Gasteiger partial charge < -0.3 is 14.4 Å². The Morgan fingerprint density at radius 2 is 1.79 bits per heavy atom. The average molecular weight is 407 g/mol. The Labute approximate surface area is 166 Å². The van der Waals surface area contributed by atoms with Crippen molar-refractivity contribution in [3.8, 4) is 12.3 Å². The second-order valence-corrected chi connectivity index (χ2v) is 8.93. The predicted octanol–water partition coefficient (Wildman–Crippen LogP) is 1.21. The largest absolute Gasteiger partial charge is 0.379 e. The van der Waals surface area contributed by atoms with Crippen molar-refractivity contribution in [1.82, 2.24) is 9.21 Å². The van der Waals surface area contributed by atoms with Crippen molar-refractivity contribution >= 4 is 15.9 Å². The van der Waals surface area contributed by atoms with Gasteiger partial charge in [0.25, 0.3) is 5.91 Å². The maximum Gasteiger partial charge on any atom is 0.253 e. The van der Waals surface area contributed by atoms with Gasteiger partial charge in [-0.3, -0.25) is 4.79 Å². The molecule has 8 heteroatoms. The highest BCUT2D eigenvalue weighted by Crippen LogP contribution is 2.21. The van der Waals surface area contributed by atoms with Crippen molar-refractivity contribution in [1.29, 1.82) is 0 Å². The van der Waals surface area contributed by atoms with Gasteiger partial charge in [-0.15, -0.1) is 6.42 Å². The Morgan fingerprint density at radius 3 is 2.39 bits per heavy atom. The number of hydrogen-bond acceptors (Lipinski definition) is 5. The molecule has 152 valence electrons. The lowest BCUT2D eigenvalue weighted by molar-refractivity contribution is 0.0582. The maximum absolute atomic E-state index is 12.7. The van der Waals surface area contributed by atoms with Gasteiger partial charge in [-0.25, -0.2) is 8.42 Å². The Hall–Kier alpha value is -1.92. The summed E-state index contributed by atoms with van der Waals surface area (Å²) in [5, 5.41) is 0. The number of hydrogen-bond donors (Lipinski definition) is 0. The van der Waals surface area contributed by atoms with E-state index in [0.29, 0.717) is 64.1 Å². The fourth-order valence-corrected chi connectivity index (χ4v) is 4.88. The van der Waals surface area contributed by atoms with Crippen molar-refractivity contribution in [2.45, 2.75) is 17.7 Å². The van der Waals surface area contributed by atoms with Crippen LogP contribution in [0.3, 0.4) is 0 Å². The first-order chi connectivity index (χ1) is 13.5. The monoisotopic (exact) mass is 406 g/mol. The summed E-state index contributed by atoms with van der Waals surface area (Å²) >= 11 is 0. The van der Waals surface area contributed by atoms with Crippen molar-refractivity contribution < 1.29 is 22.7 Å². The number of carbonyl (C=O) groups excluding carboxylic acids is 1. The summed E-state index contributed by atoms with van der Waals surface area (Å²) in [5.41, 5.74) is 0.503. The SMILES string of the molecule is C#CCOCC1CCN(C(=O)c2ccc(S(=O)(=O)N3CCOCC3)cc2)CC1. The van der Waals surface area contributed by atoms with Gasteiger partial charge in [0, 0.05) is 31.7 Å². The second-order valence-electron chi connectivity index (χ2n) is 7.00. The van der Waals surface area contributed by atoms with Gasteiger partial charge in [0.1, 0.15) is 6.61 Å². The van der Waals surface area contributed by atoms with Gasteiger partial charge in [-0.2, -0.15) is 4.31 Å². The predicted molar refractivity (Wildman–Crippen MR) is 104 cm³/mol. The lowest BCUT2D eigenvalue weighted by atomic mass is 9.97. The van der Waals surface area contributed by atoms with Crippen LogP contribution in [-0.2, 0) is 19.5 Å². The molecule has 0 aliphatic carbocycles. The van der Waals surface area contributed by atoms with Gasteiger partial charge in [0.15, 0.2) is 0 Å². The number of terminal acetylenes is 1. The third kappa shape index (κ3) is 4.92. The van der Waals surface area contributed by atoms with E-state index in [2.05, 4.69) is 5.92 Å². The number of rotatable bonds is 6. The van der Waals surface area contributed by atoms with Crippen LogP contribution in [0.2, 0.25) is 0 Å². The van der Waals surface area contributed by atoms with Crippen LogP contribution in [0.15, 0.2) is 29.2 Å². The Bertz CT molecular complexity index is 802. The number of piperidine rings is 1. The molecular weight excluding hydrogens is 380 g/mol. The number of benzene rings is 1. The lowest BCUT2D eigenvalue weighted by Crippen LogP contribution is -2.40. The number of likely N-dealkylation sites (tertiary alicyclic amines) is 1. The van der Waals surface area contributed by atoms with Gasteiger partial charge in [-0.05, 0) is 43.0 Å². The summed E-state index contributed by atoms with van der Waals surface area (Å²) in [6.07, 6.45) is 6.93. The highest BCUT2D eigenvalue weighted by atomic mass is 32.2. The number of morpholine rings is 1. The summed E-state index contributed by atoms with van der Waals surface area (Å²) in [6, 6.07) is 6.21. The zero-order valence-electron chi connectivity index (χ0n) is 15.9. The van der Waals surface area contributed by atoms with Gasteiger partial charge in [-0.1, -0.05) is 5.92 Å². The highest BCUT2D eigenvalue weighted by molar-refractivity contribution is 7.89. The molecular formula is C20H26N2O5S. The first kappa shape index (κ1) is 20.8. The van der Waals surface area contributed by atoms with Crippen LogP contribution in [0, 0.1) is 18.3 Å². The van der Waals surface area contributed by atoms with Crippen LogP contribution < -0.4 is 0 Å². The smallest absolute Gasteiger partial charge is 0.253 e. The molecule has 0 aromatic heterocycles. The number of sulfonamides is 1. The molecule has 0 bridgehead atoms. The number of ether oxygens (including phenoxy) is 2. The minimum Gasteiger partial charge on any atom is -0.379 e. The van der Waals surface area contributed by atoms with E-state index in [1.54, 1.807) is 12.1 Å². The average Bonchev–Trinajstić information content (AvgIpc) is 2.75. The Kier molecular flexibility index (Phi) is 7.08. The van der Waals surface area contributed by atoms with Gasteiger partial charge >= 0.3 is 0 Å². The molecule has 2 heterocycles. The molecule has 1 aromatic carbocycles. The fraction of sp³-hybridized carbons (Fsp3) is 0.550. The molecule has 1 amide bonds. The zero-order chi connectivity index (χ0) is 20.0. The van der Waals surface area contributed by atoms with Crippen molar-refractivity contribution in [3.63, 3.8) is 0 Å². The van der Waals surface area contributed by atoms with Crippen molar-refractivity contribution in [3.05, 3.63) is 29.8 Å². The lowest BCUT2D eigenvalue weighted by Gasteiger charge is -2.32. The standard InChI is InChI=1S/C20H26N2O5S/c1-2-13-27-16-17-7-9-21(10-8-17)20(23)18-3-5-19(6-4-18)28(24,25)22-11-14-26-15-12-22/h1,3-6,17H,7-16H2. The Morgan fingerprint density at radius 1 is 1.14 bits per heavy atom. The quantitative estimate of drug-likeness (QED) is 0.524. The van der Waals surface area contributed by atoms with Crippen LogP contribution in [0.1, 0.15) is 23.2 Å². The first-order valence-corrected chi connectivity index (χ1v) is 10.9. The molecule has 0 atom stereocenters. The van der Waals surface area contributed by atoms with Crippen LogP contribution in [-0.4, -0.2) is 76.1 Å². The fourth-order valence-electron chi connectivity index (χ4n) is 3.48. The van der Waals surface area contributed by atoms with E-state index in [1.807, 2.05) is 4.90 Å². The van der Waals surface area contributed by atoms with E-state index in [9.17, 15) is 13.2 Å². The molecule has 3 rings (SSSR count). The topological polar surface area (TPSA) is 76.2 Å². The summed E-state index contributed by atoms with van der Waals surface area (Å²) < 4.78 is 37.3. The van der Waals surface area contributed by atoms with Crippen molar-refractivity contribution in [2.75, 3.05) is 52.6 Å². The minimum absolute atomic E-state index is 0.0710. The third-order valence-corrected chi connectivity index (χ3v) is 7.06. The first-order valence-electron chi connectivity index (χ1n) is 9.51. The van der Waals surface area contributed by atoms with E-state index in [-0.39, 0.29) is 10.8 Å². The van der Waals surface area contributed by atoms with Gasteiger partial charge in [0.2, 0.25) is 10.0 Å². The molecule has 7 nitrogen and oxygen atoms in total. The van der Waals surface area contributed by atoms with E-state index in [4.69, 9.17) is 15.9 Å². The van der Waals surface area contributed by atoms with Crippen LogP contribution in [0.5, 0.6) is 0 Å². The molecule has 2 aliphatic heterocycles. The van der Waals surface area contributed by atoms with Crippen LogP contribution in [0.25, 0.3) is 0 Å².